The van der Waals surface area contributed by atoms with E-state index in [2.05, 4.69) is 44.3 Å². The molecule has 2 aromatic carbocycles. The van der Waals surface area contributed by atoms with Crippen molar-refractivity contribution in [2.75, 3.05) is 11.9 Å². The van der Waals surface area contributed by atoms with Gasteiger partial charge in [0.1, 0.15) is 11.6 Å². The van der Waals surface area contributed by atoms with Crippen LogP contribution in [0.5, 0.6) is 5.75 Å². The molecule has 2 aromatic rings. The number of hydrogen-bond donors (Lipinski definition) is 1. The highest BCUT2D eigenvalue weighted by Crippen LogP contribution is 2.29. The minimum atomic E-state index is -0.289. The summed E-state index contributed by atoms with van der Waals surface area (Å²) in [6.07, 6.45) is 0. The molecule has 0 aliphatic heterocycles. The third-order valence-electron chi connectivity index (χ3n) is 3.36. The Balaban J connectivity index is 2.24. The van der Waals surface area contributed by atoms with E-state index in [0.29, 0.717) is 12.4 Å². The highest BCUT2D eigenvalue weighted by Gasteiger charge is 2.11. The van der Waals surface area contributed by atoms with Crippen molar-refractivity contribution >= 4 is 5.69 Å². The summed E-state index contributed by atoms with van der Waals surface area (Å²) in [6.45, 7) is 8.67. The van der Waals surface area contributed by atoms with Crippen LogP contribution >= 0.6 is 0 Å². The first kappa shape index (κ1) is 15.4. The van der Waals surface area contributed by atoms with E-state index in [0.717, 1.165) is 5.69 Å². The van der Waals surface area contributed by atoms with E-state index < -0.39 is 0 Å². The molecule has 21 heavy (non-hydrogen) atoms. The summed E-state index contributed by atoms with van der Waals surface area (Å²) in [5.41, 5.74) is 4.50. The molecule has 0 aliphatic carbocycles. The van der Waals surface area contributed by atoms with Crippen molar-refractivity contribution in [2.24, 2.45) is 0 Å². The Morgan fingerprint density at radius 1 is 1.10 bits per heavy atom. The molecule has 0 saturated carbocycles. The summed E-state index contributed by atoms with van der Waals surface area (Å²) in [5, 5.41) is 3.40. The third-order valence-corrected chi connectivity index (χ3v) is 3.36. The van der Waals surface area contributed by atoms with Crippen LogP contribution in [0.25, 0.3) is 0 Å². The lowest BCUT2D eigenvalue weighted by Crippen LogP contribution is -2.09. The van der Waals surface area contributed by atoms with Crippen molar-refractivity contribution in [2.45, 2.75) is 33.7 Å². The predicted molar refractivity (Wildman–Crippen MR) is 85.5 cm³/mol. The molecule has 0 heterocycles. The fraction of sp³-hybridized carbons (Fsp3) is 0.333. The molecule has 0 aliphatic rings. The zero-order valence-corrected chi connectivity index (χ0v) is 13.0. The first-order chi connectivity index (χ1) is 9.99. The van der Waals surface area contributed by atoms with Gasteiger partial charge in [-0.3, -0.25) is 0 Å². The van der Waals surface area contributed by atoms with Crippen LogP contribution in [0.3, 0.4) is 0 Å². The van der Waals surface area contributed by atoms with Gasteiger partial charge in [0.15, 0.2) is 0 Å². The molecule has 3 heteroatoms. The van der Waals surface area contributed by atoms with Crippen molar-refractivity contribution in [3.63, 3.8) is 0 Å². The lowest BCUT2D eigenvalue weighted by atomic mass is 10.0. The molecule has 1 unspecified atom stereocenters. The highest BCUT2D eigenvalue weighted by molar-refractivity contribution is 5.57. The molecular weight excluding hydrogens is 265 g/mol. The van der Waals surface area contributed by atoms with E-state index in [1.807, 2.05) is 6.92 Å². The Labute approximate surface area is 126 Å². The van der Waals surface area contributed by atoms with Crippen LogP contribution in [0, 0.1) is 19.7 Å². The fourth-order valence-electron chi connectivity index (χ4n) is 2.47. The molecule has 0 radical (unpaired) electrons. The zero-order chi connectivity index (χ0) is 15.4. The van der Waals surface area contributed by atoms with Crippen molar-refractivity contribution < 1.29 is 9.13 Å². The number of aryl methyl sites for hydroxylation is 2. The smallest absolute Gasteiger partial charge is 0.145 e. The molecule has 0 spiro atoms. The molecule has 1 atom stereocenters. The topological polar surface area (TPSA) is 21.3 Å². The lowest BCUT2D eigenvalue weighted by molar-refractivity contribution is 0.339. The van der Waals surface area contributed by atoms with Crippen LogP contribution in [0.4, 0.5) is 10.1 Å². The largest absolute Gasteiger partial charge is 0.492 e. The average molecular weight is 287 g/mol. The Morgan fingerprint density at radius 3 is 2.38 bits per heavy atom. The molecule has 0 aromatic heterocycles. The van der Waals surface area contributed by atoms with Crippen molar-refractivity contribution in [1.82, 2.24) is 0 Å². The number of ether oxygens (including phenoxy) is 1. The van der Waals surface area contributed by atoms with Crippen molar-refractivity contribution in [1.29, 1.82) is 0 Å². The predicted octanol–water partition coefficient (Wildman–Crippen LogP) is 5.01. The standard InChI is InChI=1S/C18H22FNO/c1-5-21-18-11-16(19)6-7-17(18)20-14(4)15-9-12(2)8-13(3)10-15/h6-11,14,20H,5H2,1-4H3. The second-order valence-corrected chi connectivity index (χ2v) is 5.36. The maximum absolute atomic E-state index is 13.3. The number of nitrogens with one attached hydrogen (secondary N) is 1. The summed E-state index contributed by atoms with van der Waals surface area (Å²) in [5.74, 6) is 0.261. The number of rotatable bonds is 5. The maximum Gasteiger partial charge on any atom is 0.145 e. The molecule has 0 bridgehead atoms. The van der Waals surface area contributed by atoms with Gasteiger partial charge in [-0.05, 0) is 45.4 Å². The number of benzene rings is 2. The van der Waals surface area contributed by atoms with Gasteiger partial charge >= 0.3 is 0 Å². The van der Waals surface area contributed by atoms with Gasteiger partial charge in [-0.15, -0.1) is 0 Å². The molecule has 1 N–H and O–H groups in total. The van der Waals surface area contributed by atoms with Crippen LogP contribution in [-0.4, -0.2) is 6.61 Å². The van der Waals surface area contributed by atoms with Gasteiger partial charge in [-0.25, -0.2) is 4.39 Å². The van der Waals surface area contributed by atoms with Crippen molar-refractivity contribution in [3.05, 3.63) is 58.9 Å². The fourth-order valence-corrected chi connectivity index (χ4v) is 2.47. The minimum absolute atomic E-state index is 0.119. The second kappa shape index (κ2) is 6.61. The van der Waals surface area contributed by atoms with Gasteiger partial charge < -0.3 is 10.1 Å². The SMILES string of the molecule is CCOc1cc(F)ccc1NC(C)c1cc(C)cc(C)c1. The Morgan fingerprint density at radius 2 is 1.76 bits per heavy atom. The normalized spacial score (nSPS) is 12.0. The second-order valence-electron chi connectivity index (χ2n) is 5.36. The van der Waals surface area contributed by atoms with E-state index >= 15 is 0 Å². The van der Waals surface area contributed by atoms with Crippen LogP contribution in [0.2, 0.25) is 0 Å². The Kier molecular flexibility index (Phi) is 4.84. The van der Waals surface area contributed by atoms with Gasteiger partial charge in [0.2, 0.25) is 0 Å². The van der Waals surface area contributed by atoms with Crippen LogP contribution in [0.15, 0.2) is 36.4 Å². The van der Waals surface area contributed by atoms with E-state index in [1.54, 1.807) is 6.07 Å². The van der Waals surface area contributed by atoms with Gasteiger partial charge in [0, 0.05) is 12.1 Å². The first-order valence-corrected chi connectivity index (χ1v) is 7.26. The quantitative estimate of drug-likeness (QED) is 0.834. The molecule has 0 fully saturated rings. The van der Waals surface area contributed by atoms with E-state index in [-0.39, 0.29) is 11.9 Å². The molecule has 0 amide bonds. The highest BCUT2D eigenvalue weighted by atomic mass is 19.1. The number of halogens is 1. The first-order valence-electron chi connectivity index (χ1n) is 7.26. The van der Waals surface area contributed by atoms with Crippen LogP contribution in [-0.2, 0) is 0 Å². The lowest BCUT2D eigenvalue weighted by Gasteiger charge is -2.19. The molecular formula is C18H22FNO. The van der Waals surface area contributed by atoms with E-state index in [9.17, 15) is 4.39 Å². The maximum atomic E-state index is 13.3. The van der Waals surface area contributed by atoms with Crippen LogP contribution in [0.1, 0.15) is 36.6 Å². The summed E-state index contributed by atoms with van der Waals surface area (Å²) < 4.78 is 18.8. The molecule has 0 saturated heterocycles. The summed E-state index contributed by atoms with van der Waals surface area (Å²) in [6, 6.07) is 11.2. The van der Waals surface area contributed by atoms with Crippen molar-refractivity contribution in [3.8, 4) is 5.75 Å². The summed E-state index contributed by atoms with van der Waals surface area (Å²) in [4.78, 5) is 0. The van der Waals surface area contributed by atoms with Gasteiger partial charge in [0.05, 0.1) is 12.3 Å². The van der Waals surface area contributed by atoms with Gasteiger partial charge in [-0.1, -0.05) is 29.3 Å². The average Bonchev–Trinajstić information content (AvgIpc) is 2.41. The third kappa shape index (κ3) is 3.97. The monoisotopic (exact) mass is 287 g/mol. The Hall–Kier alpha value is -2.03. The minimum Gasteiger partial charge on any atom is -0.492 e. The van der Waals surface area contributed by atoms with Gasteiger partial charge in [-0.2, -0.15) is 0 Å². The molecule has 2 nitrogen and oxygen atoms in total. The van der Waals surface area contributed by atoms with Crippen LogP contribution < -0.4 is 10.1 Å². The zero-order valence-electron chi connectivity index (χ0n) is 13.0. The summed E-state index contributed by atoms with van der Waals surface area (Å²) >= 11 is 0. The van der Waals surface area contributed by atoms with Gasteiger partial charge in [0.25, 0.3) is 0 Å². The van der Waals surface area contributed by atoms with E-state index in [4.69, 9.17) is 4.74 Å². The number of hydrogen-bond acceptors (Lipinski definition) is 2. The number of anilines is 1. The Bertz CT molecular complexity index is 604. The van der Waals surface area contributed by atoms with E-state index in [1.165, 1.54) is 28.8 Å². The molecule has 2 rings (SSSR count). The molecule has 112 valence electrons. The summed E-state index contributed by atoms with van der Waals surface area (Å²) in [7, 11) is 0.